The van der Waals surface area contributed by atoms with Gasteiger partial charge in [0.15, 0.2) is 14.6 Å². The highest BCUT2D eigenvalue weighted by molar-refractivity contribution is 7.92. The third kappa shape index (κ3) is 9.55. The molecule has 3 aromatic rings. The molecule has 0 spiro atoms. The minimum Gasteiger partial charge on any atom is -0.465 e. The molecule has 2 aromatic heterocycles. The van der Waals surface area contributed by atoms with Gasteiger partial charge in [-0.1, -0.05) is 11.3 Å². The van der Waals surface area contributed by atoms with Gasteiger partial charge >= 0.3 is 23.9 Å². The summed E-state index contributed by atoms with van der Waals surface area (Å²) in [5, 5.41) is 2.21. The molecule has 0 saturated heterocycles. The van der Waals surface area contributed by atoms with Crippen LogP contribution in [0.4, 0.5) is 5.00 Å². The quantitative estimate of drug-likeness (QED) is 0.189. The lowest BCUT2D eigenvalue weighted by molar-refractivity contribution is -0.143. The number of hydrogen-bond donors (Lipinski definition) is 1. The summed E-state index contributed by atoms with van der Waals surface area (Å²) in [6, 6.07) is 4.50. The number of carbonyl (C=O) groups excluding carboxylic acids is 6. The number of thiazole rings is 1. The summed E-state index contributed by atoms with van der Waals surface area (Å²) in [5.74, 6) is -7.32. The number of anilines is 1. The van der Waals surface area contributed by atoms with Gasteiger partial charge in [-0.15, -0.1) is 11.3 Å². The fourth-order valence-corrected chi connectivity index (χ4v) is 7.38. The monoisotopic (exact) mass is 711 g/mol. The van der Waals surface area contributed by atoms with Crippen molar-refractivity contribution in [3.8, 4) is 0 Å². The highest BCUT2D eigenvalue weighted by Gasteiger charge is 2.29. The number of nitrogens with one attached hydrogen (secondary N) is 1. The number of aromatic nitrogens is 1. The van der Waals surface area contributed by atoms with E-state index in [2.05, 4.69) is 10.3 Å². The molecule has 47 heavy (non-hydrogen) atoms. The fraction of sp³-hybridized carbons (Fsp3) is 0.414. The van der Waals surface area contributed by atoms with Crippen LogP contribution in [0.2, 0.25) is 0 Å². The number of amides is 2. The van der Waals surface area contributed by atoms with Gasteiger partial charge in [-0.05, 0) is 58.4 Å². The number of esters is 4. The summed E-state index contributed by atoms with van der Waals surface area (Å²) >= 11 is 1.65. The zero-order valence-corrected chi connectivity index (χ0v) is 28.6. The molecule has 0 radical (unpaired) electrons. The zero-order valence-electron chi connectivity index (χ0n) is 26.2. The van der Waals surface area contributed by atoms with E-state index in [9.17, 15) is 37.2 Å². The van der Waals surface area contributed by atoms with E-state index in [1.54, 1.807) is 27.7 Å². The molecule has 18 heteroatoms. The Morgan fingerprint density at radius 3 is 2.09 bits per heavy atom. The number of nitrogens with zero attached hydrogens (tertiary/aromatic N) is 2. The van der Waals surface area contributed by atoms with Crippen molar-refractivity contribution >= 4 is 83.4 Å². The van der Waals surface area contributed by atoms with Crippen LogP contribution in [-0.2, 0) is 49.7 Å². The highest BCUT2D eigenvalue weighted by atomic mass is 32.2. The maximum atomic E-state index is 12.9. The number of fused-ring (bicyclic) bond motifs is 1. The van der Waals surface area contributed by atoms with Crippen LogP contribution in [0.1, 0.15) is 63.6 Å². The number of sulfone groups is 1. The predicted octanol–water partition coefficient (Wildman–Crippen LogP) is 2.65. The van der Waals surface area contributed by atoms with E-state index in [1.807, 2.05) is 0 Å². The van der Waals surface area contributed by atoms with Crippen molar-refractivity contribution in [3.63, 3.8) is 0 Å². The van der Waals surface area contributed by atoms with E-state index in [4.69, 9.17) is 18.9 Å². The lowest BCUT2D eigenvalue weighted by Crippen LogP contribution is -2.29. The normalized spacial score (nSPS) is 11.6. The molecule has 0 bridgehead atoms. The first-order valence-electron chi connectivity index (χ1n) is 14.3. The second kappa shape index (κ2) is 16.4. The average molecular weight is 712 g/mol. The van der Waals surface area contributed by atoms with E-state index in [1.165, 1.54) is 29.7 Å². The molecule has 0 atom stereocenters. The van der Waals surface area contributed by atoms with Gasteiger partial charge in [-0.25, -0.2) is 22.8 Å². The summed E-state index contributed by atoms with van der Waals surface area (Å²) in [6.07, 6.45) is 0. The maximum Gasteiger partial charge on any atom is 0.348 e. The summed E-state index contributed by atoms with van der Waals surface area (Å²) in [7, 11) is -4.41. The smallest absolute Gasteiger partial charge is 0.348 e. The maximum absolute atomic E-state index is 12.9. The number of rotatable bonds is 14. The van der Waals surface area contributed by atoms with Crippen molar-refractivity contribution in [2.75, 3.05) is 43.3 Å². The number of ether oxygens (including phenoxy) is 4. The molecule has 0 fully saturated rings. The average Bonchev–Trinajstić information content (AvgIpc) is 3.48. The largest absolute Gasteiger partial charge is 0.465 e. The Balaban J connectivity index is 1.88. The van der Waals surface area contributed by atoms with Gasteiger partial charge in [0.2, 0.25) is 5.91 Å². The molecule has 254 valence electrons. The van der Waals surface area contributed by atoms with E-state index in [0.717, 1.165) is 22.7 Å². The van der Waals surface area contributed by atoms with Crippen LogP contribution < -0.4 is 10.1 Å². The van der Waals surface area contributed by atoms with Gasteiger partial charge < -0.3 is 28.8 Å². The number of thiophene rings is 1. The number of carbonyl (C=O) groups is 6. The Morgan fingerprint density at radius 2 is 1.45 bits per heavy atom. The molecule has 2 amide bonds. The van der Waals surface area contributed by atoms with E-state index in [-0.39, 0.29) is 64.3 Å². The van der Waals surface area contributed by atoms with Gasteiger partial charge in [0.05, 0.1) is 47.8 Å². The topological polar surface area (TPSA) is 203 Å². The van der Waals surface area contributed by atoms with Crippen molar-refractivity contribution in [3.05, 3.63) is 44.6 Å². The van der Waals surface area contributed by atoms with Gasteiger partial charge in [0, 0.05) is 0 Å². The van der Waals surface area contributed by atoms with Crippen LogP contribution >= 0.6 is 22.7 Å². The first-order valence-corrected chi connectivity index (χ1v) is 17.7. The highest BCUT2D eigenvalue weighted by Crippen LogP contribution is 2.34. The first kappa shape index (κ1) is 37.0. The minimum atomic E-state index is -4.41. The molecule has 0 aliphatic carbocycles. The zero-order chi connectivity index (χ0) is 34.9. The SMILES string of the molecule is CCOC(=O)Cn1c(=NC(=O)CS(=O)(=O)CC(=O)Nc2sc(C(=O)OCC)c(C)c2C(=O)OCC)sc2cc(C(=O)OCC)ccc21. The molecule has 0 unspecified atom stereocenters. The molecule has 0 aliphatic heterocycles. The summed E-state index contributed by atoms with van der Waals surface area (Å²) in [5.41, 5.74) is 0.708. The van der Waals surface area contributed by atoms with Crippen LogP contribution in [0.15, 0.2) is 23.2 Å². The lowest BCUT2D eigenvalue weighted by atomic mass is 10.1. The summed E-state index contributed by atoms with van der Waals surface area (Å²) in [4.78, 5) is 79.1. The molecule has 2 heterocycles. The van der Waals surface area contributed by atoms with Crippen LogP contribution in [0.3, 0.4) is 0 Å². The second-order valence-electron chi connectivity index (χ2n) is 9.47. The van der Waals surface area contributed by atoms with E-state index < -0.39 is 57.0 Å². The lowest BCUT2D eigenvalue weighted by Gasteiger charge is -2.07. The van der Waals surface area contributed by atoms with E-state index >= 15 is 0 Å². The van der Waals surface area contributed by atoms with Gasteiger partial charge in [-0.3, -0.25) is 14.4 Å². The van der Waals surface area contributed by atoms with Crippen molar-refractivity contribution in [1.29, 1.82) is 0 Å². The second-order valence-corrected chi connectivity index (χ2v) is 13.6. The molecule has 0 saturated carbocycles. The molecule has 1 N–H and O–H groups in total. The molecule has 15 nitrogen and oxygen atoms in total. The molecular formula is C29H33N3O12S3. The molecule has 1 aromatic carbocycles. The summed E-state index contributed by atoms with van der Waals surface area (Å²) < 4.78 is 47.6. The number of benzene rings is 1. The third-order valence-electron chi connectivity index (χ3n) is 6.04. The van der Waals surface area contributed by atoms with Crippen molar-refractivity contribution < 1.29 is 56.1 Å². The van der Waals surface area contributed by atoms with Gasteiger partial charge in [0.25, 0.3) is 5.91 Å². The summed E-state index contributed by atoms with van der Waals surface area (Å²) in [6.45, 7) is 7.84. The van der Waals surface area contributed by atoms with Crippen LogP contribution in [0.25, 0.3) is 10.2 Å². The predicted molar refractivity (Wildman–Crippen MR) is 171 cm³/mol. The van der Waals surface area contributed by atoms with E-state index in [0.29, 0.717) is 10.2 Å². The minimum absolute atomic E-state index is 0.00237. The van der Waals surface area contributed by atoms with Gasteiger partial charge in [-0.2, -0.15) is 4.99 Å². The Hall–Kier alpha value is -4.42. The molecule has 3 rings (SSSR count). The first-order chi connectivity index (χ1) is 22.2. The van der Waals surface area contributed by atoms with Crippen molar-refractivity contribution in [1.82, 2.24) is 4.57 Å². The van der Waals surface area contributed by atoms with Crippen LogP contribution in [0.5, 0.6) is 0 Å². The van der Waals surface area contributed by atoms with Crippen molar-refractivity contribution in [2.45, 2.75) is 41.2 Å². The standard InChI is InChI=1S/C29H33N3O12S3/c1-6-41-22(35)13-32-18-11-10-17(26(36)42-7-2)12-19(18)45-29(32)31-21(34)15-47(39,40)14-20(33)30-25-23(27(37)43-8-3)16(5)24(46-25)28(38)44-9-4/h10-12H,6-9,13-15H2,1-5H3,(H,30,33). The third-order valence-corrected chi connectivity index (χ3v) is 9.66. The van der Waals surface area contributed by atoms with Gasteiger partial charge in [0.1, 0.15) is 27.9 Å². The van der Waals surface area contributed by atoms with Crippen LogP contribution in [-0.4, -0.2) is 86.6 Å². The Labute approximate surface area is 277 Å². The van der Waals surface area contributed by atoms with Crippen LogP contribution in [0, 0.1) is 6.92 Å². The molecular weight excluding hydrogens is 679 g/mol. The molecule has 0 aliphatic rings. The number of hydrogen-bond acceptors (Lipinski definition) is 14. The Kier molecular flexibility index (Phi) is 12.9. The van der Waals surface area contributed by atoms with Crippen molar-refractivity contribution in [2.24, 2.45) is 4.99 Å². The Morgan fingerprint density at radius 1 is 0.830 bits per heavy atom. The Bertz CT molecular complexity index is 1890. The fourth-order valence-electron chi connectivity index (χ4n) is 4.17.